The van der Waals surface area contributed by atoms with E-state index in [9.17, 15) is 8.42 Å². The SMILES string of the molecule is Cc1cc(C)c(CSc2nnc(CC3CCS(=O)(=O)C3)o2)c(C)c1. The Labute approximate surface area is 147 Å². The van der Waals surface area contributed by atoms with Gasteiger partial charge in [-0.15, -0.1) is 10.2 Å². The normalized spacial score (nSPS) is 19.7. The topological polar surface area (TPSA) is 73.1 Å². The predicted molar refractivity (Wildman–Crippen MR) is 95.0 cm³/mol. The number of hydrogen-bond acceptors (Lipinski definition) is 6. The number of benzene rings is 1. The van der Waals surface area contributed by atoms with E-state index < -0.39 is 9.84 Å². The van der Waals surface area contributed by atoms with E-state index in [1.165, 1.54) is 34.0 Å². The molecule has 0 radical (unpaired) electrons. The van der Waals surface area contributed by atoms with Gasteiger partial charge in [0.2, 0.25) is 5.89 Å². The third kappa shape index (κ3) is 4.19. The van der Waals surface area contributed by atoms with E-state index in [-0.39, 0.29) is 17.4 Å². The fourth-order valence-electron chi connectivity index (χ4n) is 3.23. The molecule has 0 amide bonds. The van der Waals surface area contributed by atoms with Crippen LogP contribution in [-0.2, 0) is 22.0 Å². The second kappa shape index (κ2) is 6.88. The predicted octanol–water partition coefficient (Wildman–Crippen LogP) is 3.26. The Kier molecular flexibility index (Phi) is 5.01. The smallest absolute Gasteiger partial charge is 0.276 e. The Bertz CT molecular complexity index is 820. The van der Waals surface area contributed by atoms with Crippen LogP contribution in [0.25, 0.3) is 0 Å². The van der Waals surface area contributed by atoms with Crippen molar-refractivity contribution >= 4 is 21.6 Å². The fraction of sp³-hybridized carbons (Fsp3) is 0.529. The third-order valence-electron chi connectivity index (χ3n) is 4.42. The minimum absolute atomic E-state index is 0.106. The molecule has 1 aromatic heterocycles. The van der Waals surface area contributed by atoms with Crippen molar-refractivity contribution in [3.05, 3.63) is 40.3 Å². The summed E-state index contributed by atoms with van der Waals surface area (Å²) in [6.07, 6.45) is 1.24. The van der Waals surface area contributed by atoms with Gasteiger partial charge in [-0.05, 0) is 49.8 Å². The van der Waals surface area contributed by atoms with Crippen molar-refractivity contribution in [2.75, 3.05) is 11.5 Å². The van der Waals surface area contributed by atoms with E-state index >= 15 is 0 Å². The molecule has 1 unspecified atom stereocenters. The van der Waals surface area contributed by atoms with Crippen molar-refractivity contribution < 1.29 is 12.8 Å². The Morgan fingerprint density at radius 1 is 1.21 bits per heavy atom. The summed E-state index contributed by atoms with van der Waals surface area (Å²) in [6.45, 7) is 6.34. The molecule has 24 heavy (non-hydrogen) atoms. The Hall–Kier alpha value is -1.34. The minimum atomic E-state index is -2.86. The summed E-state index contributed by atoms with van der Waals surface area (Å²) in [5.74, 6) is 1.95. The summed E-state index contributed by atoms with van der Waals surface area (Å²) in [5.41, 5.74) is 5.12. The molecule has 1 aliphatic rings. The first kappa shape index (κ1) is 17.5. The lowest BCUT2D eigenvalue weighted by atomic mass is 10.0. The van der Waals surface area contributed by atoms with Crippen LogP contribution in [0.1, 0.15) is 34.6 Å². The van der Waals surface area contributed by atoms with Gasteiger partial charge in [-0.1, -0.05) is 29.5 Å². The molecule has 1 saturated heterocycles. The molecule has 0 saturated carbocycles. The first-order chi connectivity index (χ1) is 11.3. The van der Waals surface area contributed by atoms with Gasteiger partial charge in [-0.25, -0.2) is 8.42 Å². The van der Waals surface area contributed by atoms with Gasteiger partial charge in [0.1, 0.15) is 0 Å². The van der Waals surface area contributed by atoms with Crippen molar-refractivity contribution in [2.45, 2.75) is 44.6 Å². The van der Waals surface area contributed by atoms with Crippen LogP contribution in [0.15, 0.2) is 21.8 Å². The highest BCUT2D eigenvalue weighted by Crippen LogP contribution is 2.28. The highest BCUT2D eigenvalue weighted by atomic mass is 32.2. The summed E-state index contributed by atoms with van der Waals surface area (Å²) in [6, 6.07) is 4.37. The molecule has 2 aromatic rings. The number of aromatic nitrogens is 2. The zero-order chi connectivity index (χ0) is 17.3. The number of sulfone groups is 1. The Morgan fingerprint density at radius 2 is 1.92 bits per heavy atom. The van der Waals surface area contributed by atoms with Gasteiger partial charge >= 0.3 is 0 Å². The zero-order valence-electron chi connectivity index (χ0n) is 14.2. The highest BCUT2D eigenvalue weighted by Gasteiger charge is 2.29. The first-order valence-corrected chi connectivity index (χ1v) is 10.9. The lowest BCUT2D eigenvalue weighted by molar-refractivity contribution is 0.389. The second-order valence-electron chi connectivity index (χ2n) is 6.60. The molecule has 130 valence electrons. The third-order valence-corrected chi connectivity index (χ3v) is 7.10. The van der Waals surface area contributed by atoms with Gasteiger partial charge in [0.25, 0.3) is 5.22 Å². The number of aryl methyl sites for hydroxylation is 3. The molecule has 0 aliphatic carbocycles. The van der Waals surface area contributed by atoms with E-state index in [1.807, 2.05) is 0 Å². The average Bonchev–Trinajstić information content (AvgIpc) is 3.04. The summed E-state index contributed by atoms with van der Waals surface area (Å²) < 4.78 is 28.7. The number of hydrogen-bond donors (Lipinski definition) is 0. The van der Waals surface area contributed by atoms with Crippen molar-refractivity contribution in [3.8, 4) is 0 Å². The van der Waals surface area contributed by atoms with Gasteiger partial charge in [0.05, 0.1) is 11.5 Å². The summed E-state index contributed by atoms with van der Waals surface area (Å²) in [5, 5.41) is 8.70. The molecule has 1 aliphatic heterocycles. The molecule has 2 heterocycles. The molecule has 5 nitrogen and oxygen atoms in total. The lowest BCUT2D eigenvalue weighted by Gasteiger charge is -2.09. The molecule has 1 aromatic carbocycles. The molecular formula is C17H22N2O3S2. The largest absolute Gasteiger partial charge is 0.416 e. The maximum absolute atomic E-state index is 11.5. The fourth-order valence-corrected chi connectivity index (χ4v) is 6.07. The van der Waals surface area contributed by atoms with Crippen molar-refractivity contribution in [1.29, 1.82) is 0 Å². The summed E-state index contributed by atoms with van der Waals surface area (Å²) in [4.78, 5) is 0. The maximum atomic E-state index is 11.5. The Balaban J connectivity index is 1.61. The molecule has 7 heteroatoms. The molecule has 1 atom stereocenters. The lowest BCUT2D eigenvalue weighted by Crippen LogP contribution is -2.07. The maximum Gasteiger partial charge on any atom is 0.276 e. The van der Waals surface area contributed by atoms with E-state index in [1.54, 1.807) is 0 Å². The van der Waals surface area contributed by atoms with Gasteiger partial charge < -0.3 is 4.42 Å². The van der Waals surface area contributed by atoms with Crippen molar-refractivity contribution in [1.82, 2.24) is 10.2 Å². The monoisotopic (exact) mass is 366 g/mol. The molecule has 0 spiro atoms. The van der Waals surface area contributed by atoms with Crippen LogP contribution >= 0.6 is 11.8 Å². The van der Waals surface area contributed by atoms with Crippen molar-refractivity contribution in [3.63, 3.8) is 0 Å². The molecule has 3 rings (SSSR count). The van der Waals surface area contributed by atoms with Crippen LogP contribution in [0.2, 0.25) is 0 Å². The highest BCUT2D eigenvalue weighted by molar-refractivity contribution is 7.98. The summed E-state index contributed by atoms with van der Waals surface area (Å²) >= 11 is 1.53. The Morgan fingerprint density at radius 3 is 2.54 bits per heavy atom. The molecule has 0 N–H and O–H groups in total. The van der Waals surface area contributed by atoms with Crippen LogP contribution in [0.3, 0.4) is 0 Å². The number of thioether (sulfide) groups is 1. The first-order valence-electron chi connectivity index (χ1n) is 8.05. The van der Waals surface area contributed by atoms with Crippen LogP contribution in [0.4, 0.5) is 0 Å². The van der Waals surface area contributed by atoms with Crippen LogP contribution in [-0.4, -0.2) is 30.1 Å². The van der Waals surface area contributed by atoms with E-state index in [0.29, 0.717) is 24.0 Å². The number of nitrogens with zero attached hydrogens (tertiary/aromatic N) is 2. The second-order valence-corrected chi connectivity index (χ2v) is 9.76. The molecular weight excluding hydrogens is 344 g/mol. The van der Waals surface area contributed by atoms with Gasteiger partial charge in [-0.2, -0.15) is 0 Å². The van der Waals surface area contributed by atoms with E-state index in [0.717, 1.165) is 5.75 Å². The minimum Gasteiger partial charge on any atom is -0.416 e. The van der Waals surface area contributed by atoms with Crippen LogP contribution < -0.4 is 0 Å². The molecule has 1 fully saturated rings. The standard InChI is InChI=1S/C17H22N2O3S2/c1-11-6-12(2)15(13(3)7-11)9-23-17-19-18-16(22-17)8-14-4-5-24(20,21)10-14/h6-7,14H,4-5,8-10H2,1-3H3. The van der Waals surface area contributed by atoms with Crippen LogP contribution in [0, 0.1) is 26.7 Å². The average molecular weight is 367 g/mol. The van der Waals surface area contributed by atoms with Crippen molar-refractivity contribution in [2.24, 2.45) is 5.92 Å². The summed E-state index contributed by atoms with van der Waals surface area (Å²) in [7, 11) is -2.86. The molecule has 0 bridgehead atoms. The van der Waals surface area contributed by atoms with E-state index in [4.69, 9.17) is 4.42 Å². The van der Waals surface area contributed by atoms with Gasteiger partial charge in [-0.3, -0.25) is 0 Å². The zero-order valence-corrected chi connectivity index (χ0v) is 15.8. The van der Waals surface area contributed by atoms with Gasteiger partial charge in [0, 0.05) is 12.2 Å². The quantitative estimate of drug-likeness (QED) is 0.756. The van der Waals surface area contributed by atoms with E-state index in [2.05, 4.69) is 43.1 Å². The number of rotatable bonds is 5. The van der Waals surface area contributed by atoms with Crippen LogP contribution in [0.5, 0.6) is 0 Å². The van der Waals surface area contributed by atoms with Gasteiger partial charge in [0.15, 0.2) is 9.84 Å².